The fourth-order valence-electron chi connectivity index (χ4n) is 2.33. The topological polar surface area (TPSA) is 46.3 Å². The second kappa shape index (κ2) is 7.80. The Morgan fingerprint density at radius 1 is 1.06 bits per heavy atom. The molecular formula is C13H26N2O. The largest absolute Gasteiger partial charge is 0.328 e. The number of likely N-dealkylation sites (tertiary alicyclic amines) is 1. The molecule has 0 atom stereocenters. The van der Waals surface area contributed by atoms with Crippen LogP contribution in [-0.4, -0.2) is 37.4 Å². The van der Waals surface area contributed by atoms with Crippen molar-refractivity contribution in [3.05, 3.63) is 0 Å². The lowest BCUT2D eigenvalue weighted by Crippen LogP contribution is -2.26. The van der Waals surface area contributed by atoms with Crippen molar-refractivity contribution in [3.63, 3.8) is 0 Å². The maximum atomic E-state index is 10.2. The fraction of sp³-hybridized carbons (Fsp3) is 0.923. The Balaban J connectivity index is 0.000000165. The minimum Gasteiger partial charge on any atom is -0.328 e. The summed E-state index contributed by atoms with van der Waals surface area (Å²) in [5, 5.41) is 0. The number of hydrogen-bond donors (Lipinski definition) is 1. The maximum Gasteiger partial charge on any atom is 0.123 e. The molecule has 2 N–H and O–H groups in total. The van der Waals surface area contributed by atoms with Crippen LogP contribution in [0.5, 0.6) is 0 Å². The summed E-state index contributed by atoms with van der Waals surface area (Å²) in [6.45, 7) is 2.64. The van der Waals surface area contributed by atoms with Crippen LogP contribution in [0.3, 0.4) is 0 Å². The lowest BCUT2D eigenvalue weighted by Gasteiger charge is -2.21. The number of carbonyl (C=O) groups is 1. The third-order valence-corrected chi connectivity index (χ3v) is 3.59. The van der Waals surface area contributed by atoms with Crippen molar-refractivity contribution in [2.75, 3.05) is 20.1 Å². The predicted octanol–water partition coefficient (Wildman–Crippen LogP) is 1.80. The highest BCUT2D eigenvalue weighted by Gasteiger charge is 2.16. The number of rotatable bonds is 1. The van der Waals surface area contributed by atoms with Crippen LogP contribution in [0.25, 0.3) is 0 Å². The molecule has 3 nitrogen and oxygen atoms in total. The molecule has 3 heteroatoms. The second-order valence-corrected chi connectivity index (χ2v) is 5.17. The van der Waals surface area contributed by atoms with Crippen molar-refractivity contribution in [2.45, 2.75) is 51.0 Å². The summed E-state index contributed by atoms with van der Waals surface area (Å²) in [5.74, 6) is 0.310. The zero-order valence-electron chi connectivity index (χ0n) is 10.5. The summed E-state index contributed by atoms with van der Waals surface area (Å²) in [6, 6.07) is 0.362. The van der Waals surface area contributed by atoms with Gasteiger partial charge >= 0.3 is 0 Å². The molecule has 2 rings (SSSR count). The van der Waals surface area contributed by atoms with Crippen LogP contribution in [-0.2, 0) is 4.79 Å². The van der Waals surface area contributed by atoms with Gasteiger partial charge in [-0.05, 0) is 58.7 Å². The quantitative estimate of drug-likeness (QED) is 0.694. The fourth-order valence-corrected chi connectivity index (χ4v) is 2.33. The first-order valence-corrected chi connectivity index (χ1v) is 6.62. The first-order chi connectivity index (χ1) is 7.72. The number of aldehydes is 1. The normalized spacial score (nSPS) is 31.4. The summed E-state index contributed by atoms with van der Waals surface area (Å²) < 4.78 is 0. The van der Waals surface area contributed by atoms with Crippen LogP contribution in [0, 0.1) is 5.92 Å². The van der Waals surface area contributed by atoms with Crippen molar-refractivity contribution in [2.24, 2.45) is 11.7 Å². The Morgan fingerprint density at radius 2 is 1.62 bits per heavy atom. The van der Waals surface area contributed by atoms with Crippen molar-refractivity contribution < 1.29 is 4.79 Å². The Labute approximate surface area is 99.4 Å². The van der Waals surface area contributed by atoms with E-state index in [1.54, 1.807) is 0 Å². The zero-order chi connectivity index (χ0) is 11.8. The summed E-state index contributed by atoms with van der Waals surface area (Å²) in [4.78, 5) is 12.6. The van der Waals surface area contributed by atoms with E-state index in [0.717, 1.165) is 32.0 Å². The molecule has 2 aliphatic rings. The van der Waals surface area contributed by atoms with Gasteiger partial charge in [0.25, 0.3) is 0 Å². The van der Waals surface area contributed by atoms with Crippen molar-refractivity contribution >= 4 is 6.29 Å². The van der Waals surface area contributed by atoms with Gasteiger partial charge in [-0.2, -0.15) is 0 Å². The molecule has 0 amide bonds. The molecule has 0 bridgehead atoms. The summed E-state index contributed by atoms with van der Waals surface area (Å²) in [6.07, 6.45) is 9.41. The number of piperidine rings is 1. The lowest BCUT2D eigenvalue weighted by molar-refractivity contribution is -0.111. The van der Waals surface area contributed by atoms with Crippen molar-refractivity contribution in [1.82, 2.24) is 4.90 Å². The molecule has 1 heterocycles. The molecule has 1 aliphatic carbocycles. The molecule has 16 heavy (non-hydrogen) atoms. The molecule has 0 aromatic heterocycles. The second-order valence-electron chi connectivity index (χ2n) is 5.17. The van der Waals surface area contributed by atoms with Gasteiger partial charge in [0.1, 0.15) is 6.29 Å². The molecule has 1 saturated carbocycles. The van der Waals surface area contributed by atoms with Gasteiger partial charge < -0.3 is 15.4 Å². The average molecular weight is 226 g/mol. The monoisotopic (exact) mass is 226 g/mol. The van der Waals surface area contributed by atoms with Gasteiger partial charge in [0, 0.05) is 12.0 Å². The number of carbonyl (C=O) groups excluding carboxylic acids is 1. The van der Waals surface area contributed by atoms with Crippen LogP contribution >= 0.6 is 0 Å². The standard InChI is InChI=1S/C7H13NO.C6H13N/c8-7-3-1-6(5-9)2-4-7;1-7-5-3-2-4-6-7/h5-7H,1-4,8H2;2-6H2,1H3. The van der Waals surface area contributed by atoms with Gasteiger partial charge in [0.05, 0.1) is 0 Å². The number of nitrogens with two attached hydrogens (primary N) is 1. The molecular weight excluding hydrogens is 200 g/mol. The van der Waals surface area contributed by atoms with Crippen LogP contribution in [0.4, 0.5) is 0 Å². The molecule has 1 aliphatic heterocycles. The zero-order valence-corrected chi connectivity index (χ0v) is 10.5. The first-order valence-electron chi connectivity index (χ1n) is 6.62. The number of nitrogens with zero attached hydrogens (tertiary/aromatic N) is 1. The van der Waals surface area contributed by atoms with E-state index < -0.39 is 0 Å². The van der Waals surface area contributed by atoms with Crippen molar-refractivity contribution in [3.8, 4) is 0 Å². The van der Waals surface area contributed by atoms with Gasteiger partial charge in [-0.3, -0.25) is 0 Å². The molecule has 0 aromatic carbocycles. The third-order valence-electron chi connectivity index (χ3n) is 3.59. The van der Waals surface area contributed by atoms with Crippen LogP contribution < -0.4 is 5.73 Å². The van der Waals surface area contributed by atoms with E-state index in [-0.39, 0.29) is 0 Å². The minimum atomic E-state index is 0.310. The molecule has 0 radical (unpaired) electrons. The smallest absolute Gasteiger partial charge is 0.123 e. The molecule has 1 saturated heterocycles. The van der Waals surface area contributed by atoms with E-state index in [1.807, 2.05) is 0 Å². The van der Waals surface area contributed by atoms with Gasteiger partial charge in [-0.1, -0.05) is 6.42 Å². The van der Waals surface area contributed by atoms with Crippen molar-refractivity contribution in [1.29, 1.82) is 0 Å². The highest BCUT2D eigenvalue weighted by molar-refractivity contribution is 5.53. The molecule has 0 unspecified atom stereocenters. The Morgan fingerprint density at radius 3 is 2.00 bits per heavy atom. The Hall–Kier alpha value is -0.410. The summed E-state index contributed by atoms with van der Waals surface area (Å²) >= 11 is 0. The summed E-state index contributed by atoms with van der Waals surface area (Å²) in [5.41, 5.74) is 5.64. The maximum absolute atomic E-state index is 10.2. The molecule has 0 aromatic rings. The van der Waals surface area contributed by atoms with Gasteiger partial charge in [-0.15, -0.1) is 0 Å². The van der Waals surface area contributed by atoms with Crippen LogP contribution in [0.2, 0.25) is 0 Å². The van der Waals surface area contributed by atoms with Crippen LogP contribution in [0.1, 0.15) is 44.9 Å². The van der Waals surface area contributed by atoms with Gasteiger partial charge in [0.15, 0.2) is 0 Å². The first kappa shape index (κ1) is 13.7. The summed E-state index contributed by atoms with van der Waals surface area (Å²) in [7, 11) is 2.19. The molecule has 0 spiro atoms. The number of hydrogen-bond acceptors (Lipinski definition) is 3. The molecule has 2 fully saturated rings. The van der Waals surface area contributed by atoms with E-state index in [0.29, 0.717) is 12.0 Å². The van der Waals surface area contributed by atoms with E-state index in [2.05, 4.69) is 11.9 Å². The molecule has 94 valence electrons. The highest BCUT2D eigenvalue weighted by atomic mass is 16.1. The average Bonchev–Trinajstić information content (AvgIpc) is 2.32. The van der Waals surface area contributed by atoms with Gasteiger partial charge in [0.2, 0.25) is 0 Å². The van der Waals surface area contributed by atoms with E-state index in [4.69, 9.17) is 5.73 Å². The van der Waals surface area contributed by atoms with E-state index >= 15 is 0 Å². The minimum absolute atomic E-state index is 0.310. The third kappa shape index (κ3) is 5.61. The van der Waals surface area contributed by atoms with E-state index in [9.17, 15) is 4.79 Å². The van der Waals surface area contributed by atoms with Crippen LogP contribution in [0.15, 0.2) is 0 Å². The lowest BCUT2D eigenvalue weighted by atomic mass is 9.88. The Bertz CT molecular complexity index is 182. The highest BCUT2D eigenvalue weighted by Crippen LogP contribution is 2.20. The van der Waals surface area contributed by atoms with E-state index in [1.165, 1.54) is 32.4 Å². The van der Waals surface area contributed by atoms with Gasteiger partial charge in [-0.25, -0.2) is 0 Å². The SMILES string of the molecule is CN1CCCCC1.NC1CCC(C=O)CC1. The Kier molecular flexibility index (Phi) is 6.65. The predicted molar refractivity (Wildman–Crippen MR) is 67.3 cm³/mol.